The van der Waals surface area contributed by atoms with Crippen LogP contribution in [0.4, 0.5) is 5.69 Å². The number of pyridine rings is 1. The lowest BCUT2D eigenvalue weighted by molar-refractivity contribution is 0.0956. The standard InChI is InChI=1S/C15H16BrN3O/c1-2-18-15(20)12-3-5-14(6-4-12)19-9-11-7-13(16)10-17-8-11/h3-8,10,19H,2,9H2,1H3,(H,18,20). The van der Waals surface area contributed by atoms with Crippen LogP contribution in [0.3, 0.4) is 0 Å². The molecule has 0 fully saturated rings. The fraction of sp³-hybridized carbons (Fsp3) is 0.200. The summed E-state index contributed by atoms with van der Waals surface area (Å²) in [5.74, 6) is -0.0461. The highest BCUT2D eigenvalue weighted by Crippen LogP contribution is 2.13. The lowest BCUT2D eigenvalue weighted by Gasteiger charge is -2.08. The van der Waals surface area contributed by atoms with Gasteiger partial charge in [-0.3, -0.25) is 9.78 Å². The molecule has 2 aromatic rings. The van der Waals surface area contributed by atoms with E-state index in [1.54, 1.807) is 6.20 Å². The fourth-order valence-corrected chi connectivity index (χ4v) is 2.17. The summed E-state index contributed by atoms with van der Waals surface area (Å²) in [5, 5.41) is 6.07. The molecule has 1 aromatic heterocycles. The monoisotopic (exact) mass is 333 g/mol. The second-order valence-corrected chi connectivity index (χ2v) is 5.22. The number of benzene rings is 1. The highest BCUT2D eigenvalue weighted by molar-refractivity contribution is 9.10. The van der Waals surface area contributed by atoms with E-state index in [0.29, 0.717) is 18.7 Å². The Hall–Kier alpha value is -1.88. The van der Waals surface area contributed by atoms with Crippen LogP contribution < -0.4 is 10.6 Å². The molecule has 5 heteroatoms. The highest BCUT2D eigenvalue weighted by atomic mass is 79.9. The van der Waals surface area contributed by atoms with Crippen LogP contribution >= 0.6 is 15.9 Å². The zero-order valence-corrected chi connectivity index (χ0v) is 12.8. The van der Waals surface area contributed by atoms with Crippen molar-refractivity contribution in [1.29, 1.82) is 0 Å². The van der Waals surface area contributed by atoms with Crippen LogP contribution in [-0.4, -0.2) is 17.4 Å². The molecule has 20 heavy (non-hydrogen) atoms. The molecule has 0 bridgehead atoms. The van der Waals surface area contributed by atoms with Crippen molar-refractivity contribution in [3.63, 3.8) is 0 Å². The molecule has 0 aliphatic rings. The van der Waals surface area contributed by atoms with Gasteiger partial charge in [0.15, 0.2) is 0 Å². The molecule has 4 nitrogen and oxygen atoms in total. The third-order valence-electron chi connectivity index (χ3n) is 2.74. The van der Waals surface area contributed by atoms with Gasteiger partial charge in [0, 0.05) is 41.2 Å². The van der Waals surface area contributed by atoms with Gasteiger partial charge in [-0.2, -0.15) is 0 Å². The summed E-state index contributed by atoms with van der Waals surface area (Å²) in [4.78, 5) is 15.7. The van der Waals surface area contributed by atoms with Crippen molar-refractivity contribution in [1.82, 2.24) is 10.3 Å². The molecule has 2 rings (SSSR count). The molecular formula is C15H16BrN3O. The Balaban J connectivity index is 1.95. The number of hydrogen-bond acceptors (Lipinski definition) is 3. The normalized spacial score (nSPS) is 10.1. The van der Waals surface area contributed by atoms with Crippen molar-refractivity contribution in [3.05, 3.63) is 58.3 Å². The molecular weight excluding hydrogens is 318 g/mol. The molecule has 0 atom stereocenters. The number of nitrogens with one attached hydrogen (secondary N) is 2. The number of carbonyl (C=O) groups is 1. The van der Waals surface area contributed by atoms with Crippen LogP contribution in [0.5, 0.6) is 0 Å². The number of amides is 1. The Morgan fingerprint density at radius 3 is 2.65 bits per heavy atom. The first-order valence-electron chi connectivity index (χ1n) is 6.40. The lowest BCUT2D eigenvalue weighted by atomic mass is 10.2. The zero-order chi connectivity index (χ0) is 14.4. The molecule has 0 saturated heterocycles. The lowest BCUT2D eigenvalue weighted by Crippen LogP contribution is -2.22. The quantitative estimate of drug-likeness (QED) is 0.883. The zero-order valence-electron chi connectivity index (χ0n) is 11.2. The third-order valence-corrected chi connectivity index (χ3v) is 3.18. The Morgan fingerprint density at radius 1 is 1.25 bits per heavy atom. The average Bonchev–Trinajstić information content (AvgIpc) is 2.46. The molecule has 2 N–H and O–H groups in total. The largest absolute Gasteiger partial charge is 0.381 e. The summed E-state index contributed by atoms with van der Waals surface area (Å²) in [6.07, 6.45) is 3.57. The van der Waals surface area contributed by atoms with Crippen molar-refractivity contribution in [2.24, 2.45) is 0 Å². The van der Waals surface area contributed by atoms with Crippen molar-refractivity contribution in [3.8, 4) is 0 Å². The average molecular weight is 334 g/mol. The van der Waals surface area contributed by atoms with E-state index >= 15 is 0 Å². The van der Waals surface area contributed by atoms with Gasteiger partial charge in [-0.1, -0.05) is 0 Å². The minimum absolute atomic E-state index is 0.0461. The van der Waals surface area contributed by atoms with Crippen LogP contribution in [0.25, 0.3) is 0 Å². The van der Waals surface area contributed by atoms with Crippen molar-refractivity contribution in [2.45, 2.75) is 13.5 Å². The number of rotatable bonds is 5. The molecule has 0 saturated carbocycles. The summed E-state index contributed by atoms with van der Waals surface area (Å²) in [7, 11) is 0. The Morgan fingerprint density at radius 2 is 2.00 bits per heavy atom. The molecule has 0 radical (unpaired) electrons. The molecule has 1 amide bonds. The summed E-state index contributed by atoms with van der Waals surface area (Å²) in [5.41, 5.74) is 2.73. The second-order valence-electron chi connectivity index (χ2n) is 4.30. The number of hydrogen-bond donors (Lipinski definition) is 2. The van der Waals surface area contributed by atoms with Crippen LogP contribution in [-0.2, 0) is 6.54 Å². The van der Waals surface area contributed by atoms with Gasteiger partial charge >= 0.3 is 0 Å². The fourth-order valence-electron chi connectivity index (χ4n) is 1.76. The van der Waals surface area contributed by atoms with Crippen LogP contribution in [0.1, 0.15) is 22.8 Å². The number of nitrogens with zero attached hydrogens (tertiary/aromatic N) is 1. The van der Waals surface area contributed by atoms with E-state index in [9.17, 15) is 4.79 Å². The minimum atomic E-state index is -0.0461. The Labute approximate surface area is 126 Å². The Bertz CT molecular complexity index is 584. The molecule has 0 unspecified atom stereocenters. The van der Waals surface area contributed by atoms with E-state index < -0.39 is 0 Å². The van der Waals surface area contributed by atoms with Gasteiger partial charge in [-0.25, -0.2) is 0 Å². The maximum atomic E-state index is 11.6. The first-order valence-corrected chi connectivity index (χ1v) is 7.20. The minimum Gasteiger partial charge on any atom is -0.381 e. The number of anilines is 1. The van der Waals surface area contributed by atoms with E-state index in [2.05, 4.69) is 31.5 Å². The van der Waals surface area contributed by atoms with E-state index in [1.165, 1.54) is 0 Å². The van der Waals surface area contributed by atoms with Gasteiger partial charge in [-0.15, -0.1) is 0 Å². The number of halogens is 1. The topological polar surface area (TPSA) is 54.0 Å². The van der Waals surface area contributed by atoms with Crippen molar-refractivity contribution < 1.29 is 4.79 Å². The SMILES string of the molecule is CCNC(=O)c1ccc(NCc2cncc(Br)c2)cc1. The molecule has 0 aliphatic heterocycles. The van der Waals surface area contributed by atoms with Crippen molar-refractivity contribution in [2.75, 3.05) is 11.9 Å². The van der Waals surface area contributed by atoms with Gasteiger partial charge in [-0.05, 0) is 58.7 Å². The summed E-state index contributed by atoms with van der Waals surface area (Å²) < 4.78 is 0.961. The van der Waals surface area contributed by atoms with E-state index in [4.69, 9.17) is 0 Å². The first-order chi connectivity index (χ1) is 9.69. The van der Waals surface area contributed by atoms with Gasteiger partial charge in [0.05, 0.1) is 0 Å². The van der Waals surface area contributed by atoms with Crippen LogP contribution in [0.15, 0.2) is 47.2 Å². The van der Waals surface area contributed by atoms with E-state index in [-0.39, 0.29) is 5.91 Å². The smallest absolute Gasteiger partial charge is 0.251 e. The van der Waals surface area contributed by atoms with Crippen molar-refractivity contribution >= 4 is 27.5 Å². The summed E-state index contributed by atoms with van der Waals surface area (Å²) in [6.45, 7) is 3.22. The summed E-state index contributed by atoms with van der Waals surface area (Å²) >= 11 is 3.39. The van der Waals surface area contributed by atoms with Gasteiger partial charge < -0.3 is 10.6 Å². The van der Waals surface area contributed by atoms with Crippen LogP contribution in [0.2, 0.25) is 0 Å². The predicted octanol–water partition coefficient (Wildman–Crippen LogP) is 3.21. The maximum absolute atomic E-state index is 11.6. The Kier molecular flexibility index (Phi) is 5.12. The second kappa shape index (κ2) is 7.05. The third kappa shape index (κ3) is 4.06. The predicted molar refractivity (Wildman–Crippen MR) is 83.7 cm³/mol. The molecule has 104 valence electrons. The van der Waals surface area contributed by atoms with Crippen LogP contribution in [0, 0.1) is 0 Å². The molecule has 0 aliphatic carbocycles. The van der Waals surface area contributed by atoms with E-state index in [1.807, 2.05) is 43.5 Å². The highest BCUT2D eigenvalue weighted by Gasteiger charge is 2.03. The van der Waals surface area contributed by atoms with Gasteiger partial charge in [0.25, 0.3) is 5.91 Å². The number of carbonyl (C=O) groups excluding carboxylic acids is 1. The molecule has 1 heterocycles. The maximum Gasteiger partial charge on any atom is 0.251 e. The molecule has 0 spiro atoms. The number of aromatic nitrogens is 1. The molecule has 1 aromatic carbocycles. The first kappa shape index (κ1) is 14.5. The van der Waals surface area contributed by atoms with Gasteiger partial charge in [0.1, 0.15) is 0 Å². The van der Waals surface area contributed by atoms with E-state index in [0.717, 1.165) is 15.7 Å². The summed E-state index contributed by atoms with van der Waals surface area (Å²) in [6, 6.07) is 9.44. The van der Waals surface area contributed by atoms with Gasteiger partial charge in [0.2, 0.25) is 0 Å².